The van der Waals surface area contributed by atoms with E-state index in [-0.39, 0.29) is 18.6 Å². The smallest absolute Gasteiger partial charge is 0.272 e. The third-order valence-electron chi connectivity index (χ3n) is 5.70. The summed E-state index contributed by atoms with van der Waals surface area (Å²) < 4.78 is 8.28. The highest BCUT2D eigenvalue weighted by Gasteiger charge is 2.30. The lowest BCUT2D eigenvalue weighted by Gasteiger charge is -2.19. The number of fused-ring (bicyclic) bond motifs is 1. The van der Waals surface area contributed by atoms with Crippen LogP contribution in [0, 0.1) is 0 Å². The van der Waals surface area contributed by atoms with Crippen molar-refractivity contribution in [2.75, 3.05) is 6.61 Å². The van der Waals surface area contributed by atoms with Crippen LogP contribution in [0.2, 0.25) is 14.4 Å². The highest BCUT2D eigenvalue weighted by atomic mass is 35.5. The van der Waals surface area contributed by atoms with E-state index in [1.807, 2.05) is 55.5 Å². The number of aromatic nitrogens is 2. The number of nitrogens with zero attached hydrogens (tertiary/aromatic N) is 2. The molecule has 3 heterocycles. The molecule has 1 amide bonds. The van der Waals surface area contributed by atoms with E-state index in [0.717, 1.165) is 21.7 Å². The Hall–Kier alpha value is -2.61. The van der Waals surface area contributed by atoms with Crippen molar-refractivity contribution in [1.29, 1.82) is 0 Å². The van der Waals surface area contributed by atoms with Crippen molar-refractivity contribution in [3.63, 3.8) is 0 Å². The van der Waals surface area contributed by atoms with Gasteiger partial charge in [0.15, 0.2) is 5.69 Å². The van der Waals surface area contributed by atoms with Crippen molar-refractivity contribution in [1.82, 2.24) is 15.1 Å². The van der Waals surface area contributed by atoms with Crippen molar-refractivity contribution in [2.45, 2.75) is 19.6 Å². The van der Waals surface area contributed by atoms with Crippen molar-refractivity contribution in [2.24, 2.45) is 0 Å². The van der Waals surface area contributed by atoms with Crippen LogP contribution in [0.1, 0.15) is 45.2 Å². The van der Waals surface area contributed by atoms with Gasteiger partial charge in [-0.25, -0.2) is 4.68 Å². The molecule has 0 saturated carbocycles. The number of carbonyl (C=O) groups excluding carboxylic acids is 1. The van der Waals surface area contributed by atoms with E-state index in [1.54, 1.807) is 22.9 Å². The quantitative estimate of drug-likeness (QED) is 0.284. The number of hydrogen-bond acceptors (Lipinski definition) is 4. The van der Waals surface area contributed by atoms with Crippen LogP contribution in [-0.2, 0) is 11.3 Å². The van der Waals surface area contributed by atoms with Gasteiger partial charge in [-0.1, -0.05) is 65.1 Å². The number of nitrogens with one attached hydrogen (secondary N) is 1. The largest absolute Gasteiger partial charge is 0.372 e. The molecule has 0 fully saturated rings. The second-order valence-electron chi connectivity index (χ2n) is 8.09. The Bertz CT molecular complexity index is 1430. The van der Waals surface area contributed by atoms with Gasteiger partial charge in [-0.05, 0) is 48.9 Å². The van der Waals surface area contributed by atoms with Gasteiger partial charge in [-0.15, -0.1) is 11.3 Å². The summed E-state index contributed by atoms with van der Waals surface area (Å²) >= 11 is 20.3. The van der Waals surface area contributed by atoms with Crippen LogP contribution in [0.15, 0.2) is 60.7 Å². The third-order valence-corrected chi connectivity index (χ3v) is 7.42. The van der Waals surface area contributed by atoms with Gasteiger partial charge in [0.2, 0.25) is 0 Å². The Balaban J connectivity index is 1.61. The van der Waals surface area contributed by atoms with Crippen LogP contribution in [-0.4, -0.2) is 22.3 Å². The van der Waals surface area contributed by atoms with E-state index in [9.17, 15) is 4.79 Å². The Morgan fingerprint density at radius 2 is 1.91 bits per heavy atom. The van der Waals surface area contributed by atoms with Gasteiger partial charge in [-0.3, -0.25) is 4.79 Å². The van der Waals surface area contributed by atoms with Gasteiger partial charge in [0.25, 0.3) is 5.91 Å². The summed E-state index contributed by atoms with van der Waals surface area (Å²) in [5.41, 5.74) is 4.28. The molecular formula is C26H20Cl3N3O2S. The van der Waals surface area contributed by atoms with E-state index < -0.39 is 0 Å². The molecule has 0 radical (unpaired) electrons. The number of rotatable bonds is 5. The highest BCUT2D eigenvalue weighted by Crippen LogP contribution is 2.36. The zero-order valence-corrected chi connectivity index (χ0v) is 21.7. The van der Waals surface area contributed by atoms with Gasteiger partial charge in [0, 0.05) is 21.0 Å². The van der Waals surface area contributed by atoms with Crippen molar-refractivity contribution >= 4 is 63.7 Å². The maximum Gasteiger partial charge on any atom is 0.272 e. The minimum atomic E-state index is -0.287. The van der Waals surface area contributed by atoms with Crippen LogP contribution in [0.5, 0.6) is 0 Å². The van der Waals surface area contributed by atoms with Crippen LogP contribution in [0.3, 0.4) is 0 Å². The van der Waals surface area contributed by atoms with Gasteiger partial charge in [0.05, 0.1) is 40.0 Å². The molecule has 0 bridgehead atoms. The van der Waals surface area contributed by atoms with E-state index >= 15 is 0 Å². The molecule has 1 aliphatic heterocycles. The number of benzene rings is 2. The fourth-order valence-electron chi connectivity index (χ4n) is 4.04. The summed E-state index contributed by atoms with van der Waals surface area (Å²) in [6.45, 7) is 2.56. The Morgan fingerprint density at radius 3 is 2.63 bits per heavy atom. The third kappa shape index (κ3) is 5.03. The van der Waals surface area contributed by atoms with Gasteiger partial charge >= 0.3 is 0 Å². The predicted molar refractivity (Wildman–Crippen MR) is 143 cm³/mol. The number of ether oxygens (including phenoxy) is 1. The van der Waals surface area contributed by atoms with Crippen LogP contribution < -0.4 is 5.32 Å². The summed E-state index contributed by atoms with van der Waals surface area (Å²) in [7, 11) is 0. The topological polar surface area (TPSA) is 56.2 Å². The zero-order valence-electron chi connectivity index (χ0n) is 18.6. The Labute approximate surface area is 221 Å². The standard InChI is InChI=1S/C26H20Cl3N3O2S/c1-15(16-5-3-2-4-6-16)30-26(33)24-20-14-34-13-17(11-19-8-10-23(29)35-19)25(20)32(31-24)22-9-7-18(27)12-21(22)28/h2-12,15H,13-14H2,1H3,(H,30,33)/t15-/m0/s1. The van der Waals surface area contributed by atoms with Crippen molar-refractivity contribution in [3.05, 3.63) is 102 Å². The number of hydrogen-bond donors (Lipinski definition) is 1. The fourth-order valence-corrected chi connectivity index (χ4v) is 5.55. The Morgan fingerprint density at radius 1 is 1.11 bits per heavy atom. The summed E-state index contributed by atoms with van der Waals surface area (Å²) in [4.78, 5) is 14.4. The van der Waals surface area contributed by atoms with Crippen LogP contribution in [0.25, 0.3) is 17.3 Å². The molecule has 0 aliphatic carbocycles. The molecule has 9 heteroatoms. The molecule has 178 valence electrons. The molecule has 0 saturated heterocycles. The first-order chi connectivity index (χ1) is 16.9. The van der Waals surface area contributed by atoms with E-state index in [4.69, 9.17) is 44.6 Å². The first-order valence-corrected chi connectivity index (χ1v) is 12.8. The molecule has 4 aromatic rings. The van der Waals surface area contributed by atoms with E-state index in [2.05, 4.69) is 5.32 Å². The van der Waals surface area contributed by atoms with Gasteiger partial charge < -0.3 is 10.1 Å². The first kappa shape index (κ1) is 24.1. The molecule has 5 rings (SSSR count). The molecule has 35 heavy (non-hydrogen) atoms. The lowest BCUT2D eigenvalue weighted by atomic mass is 10.0. The molecule has 0 unspecified atom stereocenters. The number of amides is 1. The van der Waals surface area contributed by atoms with Crippen molar-refractivity contribution < 1.29 is 9.53 Å². The maximum atomic E-state index is 13.4. The lowest BCUT2D eigenvalue weighted by molar-refractivity contribution is 0.0926. The molecular weight excluding hydrogens is 525 g/mol. The zero-order chi connectivity index (χ0) is 24.5. The number of halogens is 3. The van der Waals surface area contributed by atoms with E-state index in [1.165, 1.54) is 11.3 Å². The minimum absolute atomic E-state index is 0.198. The fraction of sp³-hybridized carbons (Fsp3) is 0.154. The number of carbonyl (C=O) groups is 1. The highest BCUT2D eigenvalue weighted by molar-refractivity contribution is 7.17. The normalized spacial score (nSPS) is 15.1. The van der Waals surface area contributed by atoms with Crippen LogP contribution in [0.4, 0.5) is 0 Å². The molecule has 1 atom stereocenters. The molecule has 2 aromatic carbocycles. The predicted octanol–water partition coefficient (Wildman–Crippen LogP) is 7.46. The molecule has 1 N–H and O–H groups in total. The second-order valence-corrected chi connectivity index (χ2v) is 10.7. The second kappa shape index (κ2) is 10.2. The molecule has 5 nitrogen and oxygen atoms in total. The first-order valence-electron chi connectivity index (χ1n) is 10.9. The molecule has 2 aromatic heterocycles. The van der Waals surface area contributed by atoms with Gasteiger partial charge in [0.1, 0.15) is 0 Å². The van der Waals surface area contributed by atoms with E-state index in [0.29, 0.717) is 37.9 Å². The summed E-state index contributed by atoms with van der Waals surface area (Å²) in [5, 5.41) is 8.73. The van der Waals surface area contributed by atoms with Crippen molar-refractivity contribution in [3.8, 4) is 5.69 Å². The summed E-state index contributed by atoms with van der Waals surface area (Å²) in [6, 6.07) is 18.6. The minimum Gasteiger partial charge on any atom is -0.372 e. The van der Waals surface area contributed by atoms with Crippen LogP contribution >= 0.6 is 46.1 Å². The maximum absolute atomic E-state index is 13.4. The number of thiophene rings is 1. The summed E-state index contributed by atoms with van der Waals surface area (Å²) in [6.07, 6.45) is 2.00. The summed E-state index contributed by atoms with van der Waals surface area (Å²) in [5.74, 6) is -0.287. The average molecular weight is 545 g/mol. The molecule has 0 spiro atoms. The lowest BCUT2D eigenvalue weighted by Crippen LogP contribution is -2.28. The SMILES string of the molecule is C[C@H](NC(=O)c1nn(-c2ccc(Cl)cc2Cl)c2c1COCC2=Cc1ccc(Cl)s1)c1ccccc1. The van der Waals surface area contributed by atoms with Gasteiger partial charge in [-0.2, -0.15) is 5.10 Å². The molecule has 1 aliphatic rings. The average Bonchev–Trinajstić information content (AvgIpc) is 3.43. The monoisotopic (exact) mass is 543 g/mol. The Kier molecular flexibility index (Phi) is 7.00.